The van der Waals surface area contributed by atoms with E-state index in [0.29, 0.717) is 5.56 Å². The van der Waals surface area contributed by atoms with Gasteiger partial charge < -0.3 is 10.2 Å². The molecule has 1 amide bonds. The molecule has 26 heavy (non-hydrogen) atoms. The van der Waals surface area contributed by atoms with Gasteiger partial charge in [-0.25, -0.2) is 4.98 Å². The maximum Gasteiger partial charge on any atom is 0.258 e. The van der Waals surface area contributed by atoms with Gasteiger partial charge in [0, 0.05) is 26.0 Å². The number of thiocarbonyl (C=S) groups is 1. The Morgan fingerprint density at radius 2 is 1.85 bits per heavy atom. The van der Waals surface area contributed by atoms with Crippen LogP contribution in [-0.2, 0) is 6.42 Å². The summed E-state index contributed by atoms with van der Waals surface area (Å²) in [5.41, 5.74) is 2.63. The summed E-state index contributed by atoms with van der Waals surface area (Å²) < 4.78 is 0. The second-order valence-corrected chi connectivity index (χ2v) is 6.77. The van der Waals surface area contributed by atoms with Gasteiger partial charge in [-0.3, -0.25) is 10.1 Å². The molecule has 138 valence electrons. The van der Waals surface area contributed by atoms with Gasteiger partial charge in [0.05, 0.1) is 5.56 Å². The Morgan fingerprint density at radius 3 is 2.42 bits per heavy atom. The van der Waals surface area contributed by atoms with Gasteiger partial charge in [0.25, 0.3) is 5.91 Å². The molecule has 2 N–H and O–H groups in total. The lowest BCUT2D eigenvalue weighted by Gasteiger charge is -2.12. The fourth-order valence-electron chi connectivity index (χ4n) is 2.46. The smallest absolute Gasteiger partial charge is 0.258 e. The minimum Gasteiger partial charge on any atom is -0.363 e. The maximum atomic E-state index is 12.2. The number of aromatic nitrogens is 1. The predicted molar refractivity (Wildman–Crippen MR) is 112 cm³/mol. The van der Waals surface area contributed by atoms with Gasteiger partial charge in [-0.05, 0) is 54.9 Å². The van der Waals surface area contributed by atoms with Crippen molar-refractivity contribution in [2.75, 3.05) is 24.3 Å². The summed E-state index contributed by atoms with van der Waals surface area (Å²) in [5, 5.41) is 5.98. The molecule has 5 nitrogen and oxygen atoms in total. The number of pyridine rings is 1. The Hall–Kier alpha value is -2.47. The molecule has 0 saturated carbocycles. The number of nitrogens with one attached hydrogen (secondary N) is 2. The minimum absolute atomic E-state index is 0.269. The molecule has 0 saturated heterocycles. The Balaban J connectivity index is 1.86. The topological polar surface area (TPSA) is 57.3 Å². The molecule has 1 heterocycles. The highest BCUT2D eigenvalue weighted by atomic mass is 32.1. The van der Waals surface area contributed by atoms with Gasteiger partial charge in [-0.15, -0.1) is 0 Å². The first-order valence-corrected chi connectivity index (χ1v) is 9.25. The number of carbonyl (C=O) groups is 1. The Kier molecular flexibility index (Phi) is 7.53. The Morgan fingerprint density at radius 1 is 1.12 bits per heavy atom. The number of unbranched alkanes of at least 4 members (excludes halogenated alkanes) is 2. The largest absolute Gasteiger partial charge is 0.363 e. The number of benzene rings is 1. The first-order chi connectivity index (χ1) is 12.5. The molecule has 0 spiro atoms. The van der Waals surface area contributed by atoms with E-state index in [1.165, 1.54) is 24.8 Å². The van der Waals surface area contributed by atoms with Crippen molar-refractivity contribution < 1.29 is 4.79 Å². The summed E-state index contributed by atoms with van der Waals surface area (Å²) in [6.45, 7) is 2.20. The van der Waals surface area contributed by atoms with E-state index in [1.807, 2.05) is 31.1 Å². The van der Waals surface area contributed by atoms with Crippen molar-refractivity contribution in [1.82, 2.24) is 10.3 Å². The van der Waals surface area contributed by atoms with E-state index >= 15 is 0 Å². The summed E-state index contributed by atoms with van der Waals surface area (Å²) in [7, 11) is 3.80. The zero-order valence-corrected chi connectivity index (χ0v) is 16.4. The van der Waals surface area contributed by atoms with E-state index in [2.05, 4.69) is 34.7 Å². The Labute approximate surface area is 160 Å². The van der Waals surface area contributed by atoms with Gasteiger partial charge in [-0.1, -0.05) is 31.9 Å². The number of anilines is 2. The molecular weight excluding hydrogens is 344 g/mol. The number of carbonyl (C=O) groups excluding carboxylic acids is 1. The number of hydrogen-bond donors (Lipinski definition) is 2. The average molecular weight is 371 g/mol. The van der Waals surface area contributed by atoms with E-state index in [1.54, 1.807) is 18.3 Å². The highest BCUT2D eigenvalue weighted by Crippen LogP contribution is 2.12. The van der Waals surface area contributed by atoms with Crippen LogP contribution in [0.15, 0.2) is 42.6 Å². The molecule has 0 unspecified atom stereocenters. The van der Waals surface area contributed by atoms with Gasteiger partial charge in [0.2, 0.25) is 0 Å². The van der Waals surface area contributed by atoms with Crippen molar-refractivity contribution >= 4 is 34.7 Å². The third-order valence-corrected chi connectivity index (χ3v) is 4.18. The Bertz CT molecular complexity index is 726. The van der Waals surface area contributed by atoms with Gasteiger partial charge in [0.15, 0.2) is 5.11 Å². The zero-order chi connectivity index (χ0) is 18.9. The molecule has 2 aromatic rings. The van der Waals surface area contributed by atoms with Crippen molar-refractivity contribution in [3.8, 4) is 0 Å². The van der Waals surface area contributed by atoms with Crippen molar-refractivity contribution in [2.45, 2.75) is 32.6 Å². The lowest BCUT2D eigenvalue weighted by molar-refractivity contribution is 0.0977. The van der Waals surface area contributed by atoms with Crippen LogP contribution in [0.4, 0.5) is 11.5 Å². The first-order valence-electron chi connectivity index (χ1n) is 8.84. The highest BCUT2D eigenvalue weighted by Gasteiger charge is 2.09. The first kappa shape index (κ1) is 19.8. The average Bonchev–Trinajstić information content (AvgIpc) is 2.63. The number of hydrogen-bond acceptors (Lipinski definition) is 4. The second kappa shape index (κ2) is 9.87. The summed E-state index contributed by atoms with van der Waals surface area (Å²) in [6.07, 6.45) is 6.31. The van der Waals surface area contributed by atoms with Crippen LogP contribution in [0.25, 0.3) is 0 Å². The predicted octanol–water partition coefficient (Wildman–Crippen LogP) is 4.01. The van der Waals surface area contributed by atoms with Crippen LogP contribution in [0.5, 0.6) is 0 Å². The van der Waals surface area contributed by atoms with Gasteiger partial charge in [-0.2, -0.15) is 0 Å². The van der Waals surface area contributed by atoms with E-state index in [9.17, 15) is 4.79 Å². The molecule has 0 radical (unpaired) electrons. The molecule has 0 bridgehead atoms. The standard InChI is InChI=1S/C20H26N4OS/c1-4-5-6-7-15-8-11-17(12-9-15)22-20(26)23-19(25)16-10-13-18(21-14-16)24(2)3/h8-14H,4-7H2,1-3H3,(H2,22,23,25,26). The van der Waals surface area contributed by atoms with E-state index in [-0.39, 0.29) is 11.0 Å². The molecule has 0 aliphatic rings. The molecule has 1 aromatic carbocycles. The quantitative estimate of drug-likeness (QED) is 0.570. The van der Waals surface area contributed by atoms with Crippen LogP contribution in [-0.4, -0.2) is 30.1 Å². The number of rotatable bonds is 7. The van der Waals surface area contributed by atoms with Crippen LogP contribution in [0, 0.1) is 0 Å². The van der Waals surface area contributed by atoms with Crippen molar-refractivity contribution in [3.05, 3.63) is 53.7 Å². The monoisotopic (exact) mass is 370 g/mol. The van der Waals surface area contributed by atoms with Gasteiger partial charge >= 0.3 is 0 Å². The SMILES string of the molecule is CCCCCc1ccc(NC(=S)NC(=O)c2ccc(N(C)C)nc2)cc1. The van der Waals surface area contributed by atoms with Crippen molar-refractivity contribution in [2.24, 2.45) is 0 Å². The lowest BCUT2D eigenvalue weighted by atomic mass is 10.1. The molecule has 6 heteroatoms. The maximum absolute atomic E-state index is 12.2. The molecule has 1 aromatic heterocycles. The lowest BCUT2D eigenvalue weighted by Crippen LogP contribution is -2.34. The number of aryl methyl sites for hydroxylation is 1. The van der Waals surface area contributed by atoms with Crippen LogP contribution < -0.4 is 15.5 Å². The second-order valence-electron chi connectivity index (χ2n) is 6.36. The van der Waals surface area contributed by atoms with Crippen LogP contribution in [0.3, 0.4) is 0 Å². The highest BCUT2D eigenvalue weighted by molar-refractivity contribution is 7.80. The zero-order valence-electron chi connectivity index (χ0n) is 15.6. The molecule has 2 rings (SSSR count). The number of nitrogens with zero attached hydrogens (tertiary/aromatic N) is 2. The van der Waals surface area contributed by atoms with E-state index < -0.39 is 0 Å². The molecule has 0 aliphatic carbocycles. The molecule has 0 atom stereocenters. The summed E-state index contributed by atoms with van der Waals surface area (Å²) in [6, 6.07) is 11.7. The summed E-state index contributed by atoms with van der Waals surface area (Å²) >= 11 is 5.23. The van der Waals surface area contributed by atoms with Crippen LogP contribution in [0.2, 0.25) is 0 Å². The third-order valence-electron chi connectivity index (χ3n) is 3.98. The molecule has 0 aliphatic heterocycles. The minimum atomic E-state index is -0.281. The van der Waals surface area contributed by atoms with E-state index in [4.69, 9.17) is 12.2 Å². The molecule has 0 fully saturated rings. The van der Waals surface area contributed by atoms with Crippen molar-refractivity contribution in [1.29, 1.82) is 0 Å². The van der Waals surface area contributed by atoms with Crippen LogP contribution >= 0.6 is 12.2 Å². The molecular formula is C20H26N4OS. The summed E-state index contributed by atoms with van der Waals surface area (Å²) in [5.74, 6) is 0.512. The fraction of sp³-hybridized carbons (Fsp3) is 0.350. The van der Waals surface area contributed by atoms with Crippen LogP contribution in [0.1, 0.15) is 42.1 Å². The third kappa shape index (κ3) is 6.11. The van der Waals surface area contributed by atoms with Crippen molar-refractivity contribution in [3.63, 3.8) is 0 Å². The van der Waals surface area contributed by atoms with Gasteiger partial charge in [0.1, 0.15) is 5.82 Å². The normalized spacial score (nSPS) is 10.3. The number of amides is 1. The van der Waals surface area contributed by atoms with E-state index in [0.717, 1.165) is 17.9 Å². The fourth-order valence-corrected chi connectivity index (χ4v) is 2.67. The summed E-state index contributed by atoms with van der Waals surface area (Å²) in [4.78, 5) is 18.3.